The van der Waals surface area contributed by atoms with Crippen LogP contribution in [0.25, 0.3) is 0 Å². The van der Waals surface area contributed by atoms with E-state index in [-0.39, 0.29) is 23.5 Å². The second kappa shape index (κ2) is 6.58. The number of benzene rings is 1. The molecule has 1 aliphatic heterocycles. The number of hydrogen-bond donors (Lipinski definition) is 1. The summed E-state index contributed by atoms with van der Waals surface area (Å²) in [6.45, 7) is 6.87. The van der Waals surface area contributed by atoms with Crippen LogP contribution in [-0.4, -0.2) is 42.8 Å². The maximum absolute atomic E-state index is 12.3. The number of methoxy groups -OCH3 is 1. The SMILES string of the molecule is COC(=O)c1ccc2c(c1)C1(CCN(C(=O)OC(C)(C)C)CC1)CC2N. The lowest BCUT2D eigenvalue weighted by molar-refractivity contribution is 0.0162. The van der Waals surface area contributed by atoms with E-state index < -0.39 is 5.60 Å². The molecule has 1 spiro atoms. The van der Waals surface area contributed by atoms with Crippen LogP contribution in [0.3, 0.4) is 0 Å². The molecule has 26 heavy (non-hydrogen) atoms. The van der Waals surface area contributed by atoms with Crippen molar-refractivity contribution in [2.45, 2.75) is 57.1 Å². The summed E-state index contributed by atoms with van der Waals surface area (Å²) in [6.07, 6.45) is 2.21. The van der Waals surface area contributed by atoms with Crippen molar-refractivity contribution in [2.75, 3.05) is 20.2 Å². The molecule has 3 rings (SSSR count). The number of ether oxygens (including phenoxy) is 2. The molecule has 2 N–H and O–H groups in total. The van der Waals surface area contributed by atoms with Gasteiger partial charge in [0.2, 0.25) is 0 Å². The number of nitrogens with two attached hydrogens (primary N) is 1. The van der Waals surface area contributed by atoms with Crippen molar-refractivity contribution in [3.05, 3.63) is 34.9 Å². The number of likely N-dealkylation sites (tertiary alicyclic amines) is 1. The largest absolute Gasteiger partial charge is 0.465 e. The lowest BCUT2D eigenvalue weighted by Gasteiger charge is -2.40. The second-order valence-electron chi connectivity index (χ2n) is 8.35. The predicted octanol–water partition coefficient (Wildman–Crippen LogP) is 3.15. The highest BCUT2D eigenvalue weighted by Gasteiger charge is 2.45. The van der Waals surface area contributed by atoms with Gasteiger partial charge in [0, 0.05) is 24.5 Å². The Balaban J connectivity index is 1.80. The first kappa shape index (κ1) is 18.7. The normalized spacial score (nSPS) is 21.4. The monoisotopic (exact) mass is 360 g/mol. The highest BCUT2D eigenvalue weighted by Crippen LogP contribution is 2.50. The number of hydrogen-bond acceptors (Lipinski definition) is 5. The molecule has 1 unspecified atom stereocenters. The highest BCUT2D eigenvalue weighted by molar-refractivity contribution is 5.89. The third kappa shape index (κ3) is 3.43. The maximum atomic E-state index is 12.3. The Morgan fingerprint density at radius 3 is 2.46 bits per heavy atom. The van der Waals surface area contributed by atoms with Gasteiger partial charge in [0.1, 0.15) is 5.60 Å². The van der Waals surface area contributed by atoms with Crippen LogP contribution in [0.4, 0.5) is 4.79 Å². The Morgan fingerprint density at radius 1 is 1.23 bits per heavy atom. The van der Waals surface area contributed by atoms with E-state index in [9.17, 15) is 9.59 Å². The van der Waals surface area contributed by atoms with Crippen LogP contribution < -0.4 is 5.73 Å². The topological polar surface area (TPSA) is 81.9 Å². The summed E-state index contributed by atoms with van der Waals surface area (Å²) in [5.41, 5.74) is 8.57. The van der Waals surface area contributed by atoms with E-state index in [1.54, 1.807) is 11.0 Å². The van der Waals surface area contributed by atoms with E-state index in [2.05, 4.69) is 0 Å². The van der Waals surface area contributed by atoms with Crippen molar-refractivity contribution in [1.29, 1.82) is 0 Å². The molecule has 0 bridgehead atoms. The second-order valence-corrected chi connectivity index (χ2v) is 8.35. The van der Waals surface area contributed by atoms with Crippen LogP contribution >= 0.6 is 0 Å². The van der Waals surface area contributed by atoms with Crippen molar-refractivity contribution in [3.8, 4) is 0 Å². The van der Waals surface area contributed by atoms with Gasteiger partial charge in [-0.1, -0.05) is 6.07 Å². The zero-order valence-electron chi connectivity index (χ0n) is 16.0. The maximum Gasteiger partial charge on any atom is 0.410 e. The van der Waals surface area contributed by atoms with Crippen molar-refractivity contribution in [1.82, 2.24) is 4.90 Å². The first-order valence-corrected chi connectivity index (χ1v) is 9.11. The molecule has 0 saturated carbocycles. The molecule has 142 valence electrons. The van der Waals surface area contributed by atoms with Crippen LogP contribution in [-0.2, 0) is 14.9 Å². The van der Waals surface area contributed by atoms with Crippen molar-refractivity contribution < 1.29 is 19.1 Å². The number of fused-ring (bicyclic) bond motifs is 2. The van der Waals surface area contributed by atoms with Crippen LogP contribution in [0.2, 0.25) is 0 Å². The van der Waals surface area contributed by atoms with E-state index >= 15 is 0 Å². The fraction of sp³-hybridized carbons (Fsp3) is 0.600. The van der Waals surface area contributed by atoms with E-state index in [4.69, 9.17) is 15.2 Å². The fourth-order valence-corrected chi connectivity index (χ4v) is 4.14. The molecule has 1 atom stereocenters. The number of amides is 1. The van der Waals surface area contributed by atoms with E-state index in [1.807, 2.05) is 32.9 Å². The number of nitrogens with zero attached hydrogens (tertiary/aromatic N) is 1. The Morgan fingerprint density at radius 2 is 1.88 bits per heavy atom. The molecule has 1 amide bonds. The summed E-state index contributed by atoms with van der Waals surface area (Å²) in [6, 6.07) is 5.61. The summed E-state index contributed by atoms with van der Waals surface area (Å²) in [4.78, 5) is 26.0. The van der Waals surface area contributed by atoms with Crippen molar-refractivity contribution >= 4 is 12.1 Å². The summed E-state index contributed by atoms with van der Waals surface area (Å²) in [5, 5.41) is 0. The first-order chi connectivity index (χ1) is 12.1. The van der Waals surface area contributed by atoms with Gasteiger partial charge in [0.15, 0.2) is 0 Å². The van der Waals surface area contributed by atoms with Gasteiger partial charge in [0.25, 0.3) is 0 Å². The van der Waals surface area contributed by atoms with E-state index in [0.29, 0.717) is 18.7 Å². The van der Waals surface area contributed by atoms with Gasteiger partial charge in [-0.25, -0.2) is 9.59 Å². The fourth-order valence-electron chi connectivity index (χ4n) is 4.14. The Bertz CT molecular complexity index is 715. The zero-order valence-corrected chi connectivity index (χ0v) is 16.0. The number of carbonyl (C=O) groups excluding carboxylic acids is 2. The number of esters is 1. The molecule has 1 saturated heterocycles. The van der Waals surface area contributed by atoms with Gasteiger partial charge >= 0.3 is 12.1 Å². The molecule has 1 heterocycles. The van der Waals surface area contributed by atoms with Gasteiger partial charge in [-0.3, -0.25) is 0 Å². The first-order valence-electron chi connectivity index (χ1n) is 9.11. The zero-order chi connectivity index (χ0) is 19.1. The van der Waals surface area contributed by atoms with Gasteiger partial charge < -0.3 is 20.1 Å². The van der Waals surface area contributed by atoms with Gasteiger partial charge in [-0.15, -0.1) is 0 Å². The minimum Gasteiger partial charge on any atom is -0.465 e. The van der Waals surface area contributed by atoms with Gasteiger partial charge in [-0.2, -0.15) is 0 Å². The number of rotatable bonds is 1. The average molecular weight is 360 g/mol. The van der Waals surface area contributed by atoms with E-state index in [0.717, 1.165) is 30.4 Å². The highest BCUT2D eigenvalue weighted by atomic mass is 16.6. The third-order valence-electron chi connectivity index (χ3n) is 5.43. The molecule has 6 nitrogen and oxygen atoms in total. The summed E-state index contributed by atoms with van der Waals surface area (Å²) in [7, 11) is 1.39. The third-order valence-corrected chi connectivity index (χ3v) is 5.43. The Hall–Kier alpha value is -2.08. The van der Waals surface area contributed by atoms with Gasteiger partial charge in [-0.05, 0) is 63.3 Å². The molecular weight excluding hydrogens is 332 g/mol. The summed E-state index contributed by atoms with van der Waals surface area (Å²) in [5.74, 6) is -0.338. The smallest absolute Gasteiger partial charge is 0.410 e. The number of carbonyl (C=O) groups is 2. The summed E-state index contributed by atoms with van der Waals surface area (Å²) < 4.78 is 10.3. The Kier molecular flexibility index (Phi) is 4.73. The van der Waals surface area contributed by atoms with Crippen molar-refractivity contribution in [3.63, 3.8) is 0 Å². The summed E-state index contributed by atoms with van der Waals surface area (Å²) >= 11 is 0. The lowest BCUT2D eigenvalue weighted by atomic mass is 9.73. The quantitative estimate of drug-likeness (QED) is 0.778. The van der Waals surface area contributed by atoms with Crippen LogP contribution in [0.1, 0.15) is 67.6 Å². The molecule has 6 heteroatoms. The standard InChI is InChI=1S/C20H28N2O4/c1-19(2,3)26-18(24)22-9-7-20(8-10-22)12-16(21)14-6-5-13(11-15(14)20)17(23)25-4/h5-6,11,16H,7-10,12,21H2,1-4H3. The van der Waals surface area contributed by atoms with E-state index in [1.165, 1.54) is 7.11 Å². The van der Waals surface area contributed by atoms with Crippen LogP contribution in [0.15, 0.2) is 18.2 Å². The minimum absolute atomic E-state index is 0.0372. The Labute approximate surface area is 154 Å². The predicted molar refractivity (Wildman–Crippen MR) is 98.0 cm³/mol. The molecule has 1 aliphatic carbocycles. The van der Waals surface area contributed by atoms with Crippen LogP contribution in [0.5, 0.6) is 0 Å². The van der Waals surface area contributed by atoms with Crippen LogP contribution in [0, 0.1) is 0 Å². The number of piperidine rings is 1. The minimum atomic E-state index is -0.496. The van der Waals surface area contributed by atoms with Crippen molar-refractivity contribution in [2.24, 2.45) is 5.73 Å². The molecular formula is C20H28N2O4. The molecule has 1 aromatic carbocycles. The molecule has 0 aromatic heterocycles. The molecule has 1 aromatic rings. The molecule has 1 fully saturated rings. The lowest BCUT2D eigenvalue weighted by Crippen LogP contribution is -2.46. The molecule has 2 aliphatic rings. The van der Waals surface area contributed by atoms with Gasteiger partial charge in [0.05, 0.1) is 12.7 Å². The average Bonchev–Trinajstić information content (AvgIpc) is 2.85. The molecule has 0 radical (unpaired) electrons.